The van der Waals surface area contributed by atoms with Gasteiger partial charge in [-0.1, -0.05) is 12.0 Å². The summed E-state index contributed by atoms with van der Waals surface area (Å²) in [4.78, 5) is 39.5. The maximum Gasteiger partial charge on any atom is 0.291 e. The Balaban J connectivity index is 2.12. The van der Waals surface area contributed by atoms with Crippen molar-refractivity contribution in [2.45, 2.75) is 19.5 Å². The van der Waals surface area contributed by atoms with Gasteiger partial charge in [0.15, 0.2) is 5.75 Å². The van der Waals surface area contributed by atoms with Crippen LogP contribution in [0, 0.1) is 12.3 Å². The molecule has 10 nitrogen and oxygen atoms in total. The number of hydrogen-bond acceptors (Lipinski definition) is 7. The van der Waals surface area contributed by atoms with Gasteiger partial charge in [-0.05, 0) is 31.2 Å². The Labute approximate surface area is 183 Å². The first kappa shape index (κ1) is 22.3. The zero-order valence-corrected chi connectivity index (χ0v) is 17.8. The summed E-state index contributed by atoms with van der Waals surface area (Å²) in [5, 5.41) is 18.8. The van der Waals surface area contributed by atoms with E-state index in [1.165, 1.54) is 23.3 Å². The van der Waals surface area contributed by atoms with Crippen molar-refractivity contribution < 1.29 is 14.3 Å². The predicted molar refractivity (Wildman–Crippen MR) is 120 cm³/mol. The molecule has 0 aliphatic heterocycles. The van der Waals surface area contributed by atoms with Gasteiger partial charge in [-0.25, -0.2) is 4.68 Å². The van der Waals surface area contributed by atoms with E-state index in [9.17, 15) is 19.5 Å². The molecule has 1 amide bonds. The molecule has 32 heavy (non-hydrogen) atoms. The Hall–Kier alpha value is -4.39. The Morgan fingerprint density at radius 3 is 2.62 bits per heavy atom. The molecule has 1 atom stereocenters. The summed E-state index contributed by atoms with van der Waals surface area (Å²) in [6, 6.07) is 6.92. The standard InChI is InChI=1S/C22H23N5O5/c1-5-14(16-11-8-12-32-16)23-17-18(22(31)27(6-2)25-20(17)29)24-15-10-7-9-13(19(15)28)21(30)26(3)4/h1,7-12,14,23-24,28H,6H2,2-4H3,(H,25,29). The van der Waals surface area contributed by atoms with Gasteiger partial charge in [0, 0.05) is 20.6 Å². The van der Waals surface area contributed by atoms with Crippen LogP contribution in [-0.4, -0.2) is 39.8 Å². The van der Waals surface area contributed by atoms with Gasteiger partial charge in [0.05, 0.1) is 17.5 Å². The molecule has 0 fully saturated rings. The molecular weight excluding hydrogens is 414 g/mol. The van der Waals surface area contributed by atoms with Gasteiger partial charge < -0.3 is 25.1 Å². The van der Waals surface area contributed by atoms with Gasteiger partial charge in [-0.2, -0.15) is 0 Å². The molecule has 0 bridgehead atoms. The Kier molecular flexibility index (Phi) is 6.39. The first-order valence-corrected chi connectivity index (χ1v) is 9.72. The molecular formula is C22H23N5O5. The van der Waals surface area contributed by atoms with Crippen LogP contribution in [-0.2, 0) is 6.54 Å². The molecule has 2 aromatic heterocycles. The normalized spacial score (nSPS) is 11.4. The maximum absolute atomic E-state index is 13.0. The molecule has 2 heterocycles. The molecule has 10 heteroatoms. The number of carbonyl (C=O) groups excluding carboxylic acids is 1. The molecule has 0 saturated heterocycles. The number of aromatic amines is 1. The molecule has 0 radical (unpaired) electrons. The van der Waals surface area contributed by atoms with Crippen molar-refractivity contribution >= 4 is 23.0 Å². The highest BCUT2D eigenvalue weighted by Gasteiger charge is 2.22. The average molecular weight is 437 g/mol. The van der Waals surface area contributed by atoms with Crippen molar-refractivity contribution in [1.82, 2.24) is 14.7 Å². The van der Waals surface area contributed by atoms with Crippen LogP contribution in [0.15, 0.2) is 50.6 Å². The summed E-state index contributed by atoms with van der Waals surface area (Å²) in [6.07, 6.45) is 7.03. The van der Waals surface area contributed by atoms with Crippen molar-refractivity contribution in [3.63, 3.8) is 0 Å². The van der Waals surface area contributed by atoms with E-state index in [-0.39, 0.29) is 34.9 Å². The van der Waals surface area contributed by atoms with Crippen LogP contribution in [0.5, 0.6) is 5.75 Å². The third-order valence-corrected chi connectivity index (χ3v) is 4.70. The van der Waals surface area contributed by atoms with Crippen LogP contribution >= 0.6 is 0 Å². The monoisotopic (exact) mass is 437 g/mol. The number of anilines is 3. The first-order chi connectivity index (χ1) is 15.3. The number of hydrogen-bond donors (Lipinski definition) is 4. The summed E-state index contributed by atoms with van der Waals surface area (Å²) < 4.78 is 6.42. The molecule has 0 spiro atoms. The molecule has 166 valence electrons. The van der Waals surface area contributed by atoms with Crippen molar-refractivity contribution in [2.24, 2.45) is 0 Å². The van der Waals surface area contributed by atoms with E-state index >= 15 is 0 Å². The molecule has 0 aliphatic carbocycles. The van der Waals surface area contributed by atoms with E-state index < -0.39 is 23.1 Å². The number of terminal acetylenes is 1. The van der Waals surface area contributed by atoms with Crippen LogP contribution < -0.4 is 21.8 Å². The first-order valence-electron chi connectivity index (χ1n) is 9.72. The molecule has 0 aliphatic rings. The lowest BCUT2D eigenvalue weighted by Gasteiger charge is -2.18. The van der Waals surface area contributed by atoms with Gasteiger partial charge in [0.2, 0.25) is 0 Å². The fraction of sp³-hybridized carbons (Fsp3) is 0.227. The second-order valence-electron chi connectivity index (χ2n) is 7.03. The number of rotatable bonds is 7. The van der Waals surface area contributed by atoms with Crippen LogP contribution in [0.4, 0.5) is 17.1 Å². The lowest BCUT2D eigenvalue weighted by molar-refractivity contribution is 0.0824. The number of phenols is 1. The van der Waals surface area contributed by atoms with Crippen molar-refractivity contribution in [2.75, 3.05) is 24.7 Å². The minimum absolute atomic E-state index is 0.0345. The van der Waals surface area contributed by atoms with E-state index in [4.69, 9.17) is 10.8 Å². The molecule has 3 aromatic rings. The number of carbonyl (C=O) groups is 1. The quantitative estimate of drug-likeness (QED) is 0.329. The zero-order chi connectivity index (χ0) is 23.4. The summed E-state index contributed by atoms with van der Waals surface area (Å²) in [7, 11) is 3.10. The van der Waals surface area contributed by atoms with Gasteiger partial charge in [-0.3, -0.25) is 19.5 Å². The number of H-pyrrole nitrogens is 1. The maximum atomic E-state index is 13.0. The number of aromatic hydroxyl groups is 1. The van der Waals surface area contributed by atoms with Crippen LogP contribution in [0.25, 0.3) is 0 Å². The van der Waals surface area contributed by atoms with Gasteiger partial charge in [-0.15, -0.1) is 6.42 Å². The number of aromatic nitrogens is 2. The predicted octanol–water partition coefficient (Wildman–Crippen LogP) is 2.09. The summed E-state index contributed by atoms with van der Waals surface area (Å²) in [6.45, 7) is 1.89. The van der Waals surface area contributed by atoms with Crippen LogP contribution in [0.3, 0.4) is 0 Å². The molecule has 3 rings (SSSR count). The number of amides is 1. The second-order valence-corrected chi connectivity index (χ2v) is 7.03. The highest BCUT2D eigenvalue weighted by atomic mass is 16.3. The van der Waals surface area contributed by atoms with E-state index in [1.54, 1.807) is 39.2 Å². The molecule has 0 saturated carbocycles. The average Bonchev–Trinajstić information content (AvgIpc) is 3.31. The number of nitrogens with zero attached hydrogens (tertiary/aromatic N) is 2. The van der Waals surface area contributed by atoms with E-state index in [0.29, 0.717) is 5.76 Å². The Morgan fingerprint density at radius 2 is 2.03 bits per heavy atom. The fourth-order valence-corrected chi connectivity index (χ4v) is 3.05. The number of aryl methyl sites for hydroxylation is 1. The third kappa shape index (κ3) is 4.22. The minimum atomic E-state index is -0.834. The van der Waals surface area contributed by atoms with Crippen LogP contribution in [0.1, 0.15) is 29.1 Å². The molecule has 1 unspecified atom stereocenters. The molecule has 4 N–H and O–H groups in total. The van der Waals surface area contributed by atoms with Crippen LogP contribution in [0.2, 0.25) is 0 Å². The van der Waals surface area contributed by atoms with E-state index in [2.05, 4.69) is 21.7 Å². The van der Waals surface area contributed by atoms with E-state index in [1.807, 2.05) is 0 Å². The van der Waals surface area contributed by atoms with Crippen molar-refractivity contribution in [3.05, 3.63) is 68.6 Å². The van der Waals surface area contributed by atoms with Gasteiger partial charge >= 0.3 is 0 Å². The fourth-order valence-electron chi connectivity index (χ4n) is 3.05. The Bertz CT molecular complexity index is 1280. The van der Waals surface area contributed by atoms with E-state index in [0.717, 1.165) is 4.68 Å². The smallest absolute Gasteiger partial charge is 0.291 e. The second kappa shape index (κ2) is 9.18. The highest BCUT2D eigenvalue weighted by molar-refractivity contribution is 5.98. The SMILES string of the molecule is C#CC(Nc1c(Nc2cccc(C(=O)N(C)C)c2O)c(=O)n(CC)[nH]c1=O)c1ccco1. The third-order valence-electron chi connectivity index (χ3n) is 4.70. The zero-order valence-electron chi connectivity index (χ0n) is 17.8. The lowest BCUT2D eigenvalue weighted by Crippen LogP contribution is -2.33. The lowest BCUT2D eigenvalue weighted by atomic mass is 10.1. The number of para-hydroxylation sites is 1. The number of nitrogens with one attached hydrogen (secondary N) is 3. The molecule has 1 aromatic carbocycles. The number of furan rings is 1. The number of phenolic OH excluding ortho intramolecular Hbond substituents is 1. The van der Waals surface area contributed by atoms with Gasteiger partial charge in [0.1, 0.15) is 23.2 Å². The van der Waals surface area contributed by atoms with Gasteiger partial charge in [0.25, 0.3) is 17.0 Å². The summed E-state index contributed by atoms with van der Waals surface area (Å²) in [5.41, 5.74) is -1.35. The Morgan fingerprint density at radius 1 is 1.28 bits per heavy atom. The largest absolute Gasteiger partial charge is 0.505 e. The highest BCUT2D eigenvalue weighted by Crippen LogP contribution is 2.32. The minimum Gasteiger partial charge on any atom is -0.505 e. The van der Waals surface area contributed by atoms with Crippen molar-refractivity contribution in [3.8, 4) is 18.1 Å². The topological polar surface area (TPSA) is 133 Å². The number of benzene rings is 1. The summed E-state index contributed by atoms with van der Waals surface area (Å²) in [5.74, 6) is 2.06. The summed E-state index contributed by atoms with van der Waals surface area (Å²) >= 11 is 0. The van der Waals surface area contributed by atoms with Crippen molar-refractivity contribution in [1.29, 1.82) is 0 Å².